The van der Waals surface area contributed by atoms with Crippen LogP contribution in [0.1, 0.15) is 18.5 Å². The Morgan fingerprint density at radius 2 is 1.96 bits per heavy atom. The van der Waals surface area contributed by atoms with Crippen LogP contribution in [-0.4, -0.2) is 44.6 Å². The molecule has 1 aliphatic heterocycles. The van der Waals surface area contributed by atoms with Crippen molar-refractivity contribution in [1.29, 1.82) is 0 Å². The van der Waals surface area contributed by atoms with Gasteiger partial charge in [-0.05, 0) is 22.9 Å². The molecule has 4 rings (SSSR count). The van der Waals surface area contributed by atoms with Crippen LogP contribution in [0.5, 0.6) is 5.75 Å². The number of carbonyl (C=O) groups is 1. The van der Waals surface area contributed by atoms with Crippen molar-refractivity contribution in [2.75, 3.05) is 13.1 Å². The molecular formula is C20H21N3O3. The molecule has 0 atom stereocenters. The van der Waals surface area contributed by atoms with E-state index in [-0.39, 0.29) is 0 Å². The van der Waals surface area contributed by atoms with Crippen molar-refractivity contribution in [3.63, 3.8) is 0 Å². The number of nitrogens with one attached hydrogen (secondary N) is 1. The normalized spacial score (nSPS) is 17.2. The highest BCUT2D eigenvalue weighted by Gasteiger charge is 2.44. The number of fused-ring (bicyclic) bond motifs is 1. The number of piperidine rings is 1. The van der Waals surface area contributed by atoms with Gasteiger partial charge in [0.15, 0.2) is 0 Å². The average molecular weight is 351 g/mol. The van der Waals surface area contributed by atoms with Crippen LogP contribution in [0.15, 0.2) is 55.0 Å². The predicted octanol–water partition coefficient (Wildman–Crippen LogP) is 3.06. The van der Waals surface area contributed by atoms with Crippen LogP contribution in [0.2, 0.25) is 0 Å². The molecule has 0 aliphatic carbocycles. The lowest BCUT2D eigenvalue weighted by Gasteiger charge is -2.38. The molecule has 0 radical (unpaired) electrons. The second-order valence-corrected chi connectivity index (χ2v) is 6.76. The van der Waals surface area contributed by atoms with Crippen molar-refractivity contribution in [1.82, 2.24) is 14.9 Å². The summed E-state index contributed by atoms with van der Waals surface area (Å²) in [5.74, 6) is -0.292. The minimum Gasteiger partial charge on any atom is -0.478 e. The van der Waals surface area contributed by atoms with Gasteiger partial charge in [0.2, 0.25) is 5.60 Å². The van der Waals surface area contributed by atoms with E-state index in [0.717, 1.165) is 23.0 Å². The largest absolute Gasteiger partial charge is 0.478 e. The van der Waals surface area contributed by atoms with Crippen LogP contribution in [0.25, 0.3) is 10.8 Å². The molecule has 0 spiro atoms. The summed E-state index contributed by atoms with van der Waals surface area (Å²) in [5, 5.41) is 12.0. The standard InChI is InChI=1S/C20H21N3O3/c24-19(25)20(7-9-23(10-8-20)13-17-12-21-14-22-17)26-18-6-5-15-3-1-2-4-16(15)11-18/h1-6,11-12,14H,7-10,13H2,(H,21,22)(H,24,25). The van der Waals surface area contributed by atoms with Crippen LogP contribution in [0.3, 0.4) is 0 Å². The number of benzene rings is 2. The first kappa shape index (κ1) is 16.6. The fourth-order valence-corrected chi connectivity index (χ4v) is 3.50. The summed E-state index contributed by atoms with van der Waals surface area (Å²) >= 11 is 0. The van der Waals surface area contributed by atoms with Crippen LogP contribution >= 0.6 is 0 Å². The van der Waals surface area contributed by atoms with Gasteiger partial charge < -0.3 is 14.8 Å². The van der Waals surface area contributed by atoms with E-state index in [9.17, 15) is 9.90 Å². The van der Waals surface area contributed by atoms with Crippen molar-refractivity contribution in [2.45, 2.75) is 25.0 Å². The van der Waals surface area contributed by atoms with Gasteiger partial charge in [0.1, 0.15) is 5.75 Å². The summed E-state index contributed by atoms with van der Waals surface area (Å²) < 4.78 is 6.05. The molecule has 2 N–H and O–H groups in total. The Morgan fingerprint density at radius 3 is 2.65 bits per heavy atom. The summed E-state index contributed by atoms with van der Waals surface area (Å²) in [6, 6.07) is 13.7. The maximum atomic E-state index is 12.0. The molecule has 0 amide bonds. The molecular weight excluding hydrogens is 330 g/mol. The fourth-order valence-electron chi connectivity index (χ4n) is 3.50. The number of rotatable bonds is 5. The minimum absolute atomic E-state index is 0.448. The van der Waals surface area contributed by atoms with Crippen LogP contribution in [0, 0.1) is 0 Å². The molecule has 3 aromatic rings. The lowest BCUT2D eigenvalue weighted by Crippen LogP contribution is -2.53. The highest BCUT2D eigenvalue weighted by atomic mass is 16.5. The Balaban J connectivity index is 1.49. The van der Waals surface area contributed by atoms with Crippen molar-refractivity contribution in [3.8, 4) is 5.75 Å². The highest BCUT2D eigenvalue weighted by molar-refractivity contribution is 5.84. The van der Waals surface area contributed by atoms with Crippen molar-refractivity contribution >= 4 is 16.7 Å². The molecule has 6 heteroatoms. The molecule has 0 saturated carbocycles. The smallest absolute Gasteiger partial charge is 0.348 e. The second kappa shape index (κ2) is 6.80. The first-order chi connectivity index (χ1) is 12.6. The van der Waals surface area contributed by atoms with E-state index in [1.807, 2.05) is 42.5 Å². The topological polar surface area (TPSA) is 78.5 Å². The number of hydrogen-bond acceptors (Lipinski definition) is 4. The molecule has 1 aromatic heterocycles. The summed E-state index contributed by atoms with van der Waals surface area (Å²) in [5.41, 5.74) is -0.143. The molecule has 0 unspecified atom stereocenters. The second-order valence-electron chi connectivity index (χ2n) is 6.76. The molecule has 6 nitrogen and oxygen atoms in total. The zero-order valence-corrected chi connectivity index (χ0v) is 14.4. The highest BCUT2D eigenvalue weighted by Crippen LogP contribution is 2.31. The van der Waals surface area contributed by atoms with Gasteiger partial charge in [-0.15, -0.1) is 0 Å². The first-order valence-corrected chi connectivity index (χ1v) is 8.75. The summed E-state index contributed by atoms with van der Waals surface area (Å²) in [7, 11) is 0. The lowest BCUT2D eigenvalue weighted by molar-refractivity contribution is -0.159. The monoisotopic (exact) mass is 351 g/mol. The fraction of sp³-hybridized carbons (Fsp3) is 0.300. The van der Waals surface area contributed by atoms with Gasteiger partial charge in [-0.3, -0.25) is 4.90 Å². The maximum Gasteiger partial charge on any atom is 0.348 e. The summed E-state index contributed by atoms with van der Waals surface area (Å²) in [6.45, 7) is 2.07. The number of H-pyrrole nitrogens is 1. The molecule has 1 aliphatic rings. The number of ether oxygens (including phenoxy) is 1. The van der Waals surface area contributed by atoms with Crippen molar-refractivity contribution in [3.05, 3.63) is 60.7 Å². The average Bonchev–Trinajstić information content (AvgIpc) is 3.16. The third kappa shape index (κ3) is 3.28. The van der Waals surface area contributed by atoms with Gasteiger partial charge in [-0.2, -0.15) is 0 Å². The van der Waals surface area contributed by atoms with Crippen molar-refractivity contribution in [2.24, 2.45) is 0 Å². The Kier molecular flexibility index (Phi) is 4.34. The molecule has 2 heterocycles. The first-order valence-electron chi connectivity index (χ1n) is 8.75. The Bertz CT molecular complexity index is 900. The number of aromatic amines is 1. The lowest BCUT2D eigenvalue weighted by atomic mass is 9.91. The van der Waals surface area contributed by atoms with E-state index in [0.29, 0.717) is 31.7 Å². The van der Waals surface area contributed by atoms with Gasteiger partial charge in [0.25, 0.3) is 0 Å². The third-order valence-corrected chi connectivity index (χ3v) is 5.04. The maximum absolute atomic E-state index is 12.0. The predicted molar refractivity (Wildman–Crippen MR) is 98.0 cm³/mol. The number of likely N-dealkylation sites (tertiary alicyclic amines) is 1. The number of nitrogens with zero attached hydrogens (tertiary/aromatic N) is 2. The summed E-state index contributed by atoms with van der Waals surface area (Å²) in [6.07, 6.45) is 4.35. The Morgan fingerprint density at radius 1 is 1.19 bits per heavy atom. The molecule has 1 fully saturated rings. The third-order valence-electron chi connectivity index (χ3n) is 5.04. The van der Waals surface area contributed by atoms with E-state index >= 15 is 0 Å². The minimum atomic E-state index is -1.17. The van der Waals surface area contributed by atoms with E-state index in [4.69, 9.17) is 4.74 Å². The molecule has 134 valence electrons. The SMILES string of the molecule is O=C(O)C1(Oc2ccc3ccccc3c2)CCN(Cc2cnc[nH]2)CC1. The molecule has 2 aromatic carbocycles. The van der Waals surface area contributed by atoms with Gasteiger partial charge in [0.05, 0.1) is 6.33 Å². The molecule has 26 heavy (non-hydrogen) atoms. The van der Waals surface area contributed by atoms with E-state index in [2.05, 4.69) is 14.9 Å². The van der Waals surface area contributed by atoms with Gasteiger partial charge >= 0.3 is 5.97 Å². The number of imidazole rings is 1. The number of hydrogen-bond donors (Lipinski definition) is 2. The van der Waals surface area contributed by atoms with E-state index in [1.54, 1.807) is 12.5 Å². The quantitative estimate of drug-likeness (QED) is 0.739. The van der Waals surface area contributed by atoms with Gasteiger partial charge in [0, 0.05) is 44.4 Å². The van der Waals surface area contributed by atoms with Crippen molar-refractivity contribution < 1.29 is 14.6 Å². The van der Waals surface area contributed by atoms with Crippen LogP contribution < -0.4 is 4.74 Å². The zero-order chi connectivity index (χ0) is 18.0. The Hall–Kier alpha value is -2.86. The molecule has 0 bridgehead atoms. The molecule has 1 saturated heterocycles. The number of aliphatic carboxylic acids is 1. The number of carboxylic acids is 1. The summed E-state index contributed by atoms with van der Waals surface area (Å²) in [4.78, 5) is 21.3. The zero-order valence-electron chi connectivity index (χ0n) is 14.4. The van der Waals surface area contributed by atoms with Crippen LogP contribution in [-0.2, 0) is 11.3 Å². The number of carboxylic acid groups (broad SMARTS) is 1. The van der Waals surface area contributed by atoms with E-state index < -0.39 is 11.6 Å². The van der Waals surface area contributed by atoms with Gasteiger partial charge in [-0.25, -0.2) is 9.78 Å². The van der Waals surface area contributed by atoms with Gasteiger partial charge in [-0.1, -0.05) is 30.3 Å². The van der Waals surface area contributed by atoms with Crippen LogP contribution in [0.4, 0.5) is 0 Å². The number of aromatic nitrogens is 2. The van der Waals surface area contributed by atoms with E-state index in [1.165, 1.54) is 0 Å². The Labute approximate surface area is 151 Å².